The highest BCUT2D eigenvalue weighted by molar-refractivity contribution is 8.93. The topological polar surface area (TPSA) is 108 Å². The molecular weight excluding hydrogens is 226 g/mol. The number of carbonyl (C=O) groups excluding carboxylic acids is 1. The number of rotatable bonds is 3. The number of hydrogen-bond donors (Lipinski definition) is 4. The van der Waals surface area contributed by atoms with Gasteiger partial charge in [-0.3, -0.25) is 15.2 Å². The van der Waals surface area contributed by atoms with Crippen LogP contribution < -0.4 is 16.9 Å². The van der Waals surface area contributed by atoms with Crippen LogP contribution in [0.1, 0.15) is 6.92 Å². The van der Waals surface area contributed by atoms with Crippen LogP contribution in [0.4, 0.5) is 0 Å². The molecule has 12 heavy (non-hydrogen) atoms. The second-order valence-corrected chi connectivity index (χ2v) is 2.06. The van der Waals surface area contributed by atoms with Gasteiger partial charge in [0.05, 0.1) is 6.54 Å². The molecule has 6 nitrogen and oxygen atoms in total. The molecular formula is C5H14BrN5O. The molecule has 0 fully saturated rings. The van der Waals surface area contributed by atoms with Crippen LogP contribution >= 0.6 is 17.0 Å². The van der Waals surface area contributed by atoms with Crippen molar-refractivity contribution in [2.75, 3.05) is 13.1 Å². The van der Waals surface area contributed by atoms with Gasteiger partial charge in [-0.1, -0.05) is 0 Å². The van der Waals surface area contributed by atoms with E-state index in [2.05, 4.69) is 5.32 Å². The zero-order valence-electron chi connectivity index (χ0n) is 6.83. The SMILES string of the molecule is Br.CC(=O)NCCN(N)C(=N)N. The summed E-state index contributed by atoms with van der Waals surface area (Å²) in [7, 11) is 0. The summed E-state index contributed by atoms with van der Waals surface area (Å²) in [6, 6.07) is 0. The first kappa shape index (κ1) is 13.7. The molecule has 0 unspecified atom stereocenters. The molecule has 0 saturated carbocycles. The van der Waals surface area contributed by atoms with Gasteiger partial charge in [0.15, 0.2) is 0 Å². The van der Waals surface area contributed by atoms with E-state index in [1.807, 2.05) is 0 Å². The molecule has 0 atom stereocenters. The molecule has 0 aromatic heterocycles. The van der Waals surface area contributed by atoms with Gasteiger partial charge in [-0.15, -0.1) is 17.0 Å². The Kier molecular flexibility index (Phi) is 7.86. The smallest absolute Gasteiger partial charge is 0.216 e. The van der Waals surface area contributed by atoms with Gasteiger partial charge in [0.1, 0.15) is 0 Å². The summed E-state index contributed by atoms with van der Waals surface area (Å²) in [5.74, 6) is 4.90. The number of halogens is 1. The molecule has 0 aliphatic rings. The Morgan fingerprint density at radius 3 is 2.50 bits per heavy atom. The lowest BCUT2D eigenvalue weighted by atomic mass is 10.5. The predicted octanol–water partition coefficient (Wildman–Crippen LogP) is -1.23. The zero-order valence-corrected chi connectivity index (χ0v) is 8.55. The van der Waals surface area contributed by atoms with Crippen molar-refractivity contribution in [1.82, 2.24) is 10.3 Å². The minimum Gasteiger partial charge on any atom is -0.369 e. The zero-order chi connectivity index (χ0) is 8.85. The van der Waals surface area contributed by atoms with Crippen molar-refractivity contribution in [2.45, 2.75) is 6.92 Å². The summed E-state index contributed by atoms with van der Waals surface area (Å²) in [6.07, 6.45) is 0. The summed E-state index contributed by atoms with van der Waals surface area (Å²) in [4.78, 5) is 10.3. The van der Waals surface area contributed by atoms with Crippen molar-refractivity contribution < 1.29 is 4.79 Å². The van der Waals surface area contributed by atoms with Crippen molar-refractivity contribution in [2.24, 2.45) is 11.6 Å². The summed E-state index contributed by atoms with van der Waals surface area (Å²) in [5, 5.41) is 10.4. The van der Waals surface area contributed by atoms with Crippen molar-refractivity contribution >= 4 is 28.8 Å². The maximum Gasteiger partial charge on any atom is 0.216 e. The largest absolute Gasteiger partial charge is 0.369 e. The van der Waals surface area contributed by atoms with Crippen molar-refractivity contribution in [1.29, 1.82) is 5.41 Å². The van der Waals surface area contributed by atoms with Gasteiger partial charge in [0.25, 0.3) is 0 Å². The van der Waals surface area contributed by atoms with Gasteiger partial charge in [-0.2, -0.15) is 0 Å². The third-order valence-electron chi connectivity index (χ3n) is 1.04. The van der Waals surface area contributed by atoms with E-state index < -0.39 is 0 Å². The van der Waals surface area contributed by atoms with E-state index >= 15 is 0 Å². The van der Waals surface area contributed by atoms with Gasteiger partial charge < -0.3 is 11.1 Å². The van der Waals surface area contributed by atoms with E-state index in [-0.39, 0.29) is 28.8 Å². The van der Waals surface area contributed by atoms with Crippen LogP contribution in [0.3, 0.4) is 0 Å². The van der Waals surface area contributed by atoms with Crippen LogP contribution in [0.2, 0.25) is 0 Å². The standard InChI is InChI=1S/C5H13N5O.BrH/c1-4(11)9-2-3-10(8)5(6)7;/h2-3,8H2,1H3,(H3,6,7)(H,9,11);1H. The Labute approximate surface area is 81.5 Å². The fourth-order valence-corrected chi connectivity index (χ4v) is 0.473. The number of hydrazine groups is 1. The minimum atomic E-state index is -0.213. The first-order chi connectivity index (χ1) is 5.04. The van der Waals surface area contributed by atoms with Gasteiger partial charge in [0.2, 0.25) is 11.9 Å². The van der Waals surface area contributed by atoms with Gasteiger partial charge in [0, 0.05) is 13.5 Å². The van der Waals surface area contributed by atoms with Gasteiger partial charge in [-0.05, 0) is 0 Å². The molecule has 0 spiro atoms. The lowest BCUT2D eigenvalue weighted by molar-refractivity contribution is -0.118. The first-order valence-corrected chi connectivity index (χ1v) is 3.14. The van der Waals surface area contributed by atoms with Crippen LogP contribution in [-0.2, 0) is 4.79 Å². The molecule has 72 valence electrons. The van der Waals surface area contributed by atoms with Gasteiger partial charge >= 0.3 is 0 Å². The lowest BCUT2D eigenvalue weighted by Gasteiger charge is -2.15. The van der Waals surface area contributed by atoms with Crippen LogP contribution in [-0.4, -0.2) is 30.0 Å². The molecule has 0 saturated heterocycles. The molecule has 0 aromatic rings. The molecule has 0 bridgehead atoms. The predicted molar refractivity (Wildman–Crippen MR) is 51.8 cm³/mol. The number of nitrogens with zero attached hydrogens (tertiary/aromatic N) is 1. The number of hydrogen-bond acceptors (Lipinski definition) is 3. The summed E-state index contributed by atoms with van der Waals surface area (Å²) >= 11 is 0. The molecule has 0 rings (SSSR count). The van der Waals surface area contributed by atoms with E-state index in [1.54, 1.807) is 0 Å². The normalized spacial score (nSPS) is 8.17. The highest BCUT2D eigenvalue weighted by atomic mass is 79.9. The average molecular weight is 240 g/mol. The highest BCUT2D eigenvalue weighted by Crippen LogP contribution is 1.72. The summed E-state index contributed by atoms with van der Waals surface area (Å²) < 4.78 is 0. The van der Waals surface area contributed by atoms with E-state index in [0.29, 0.717) is 13.1 Å². The number of carbonyl (C=O) groups is 1. The van der Waals surface area contributed by atoms with Crippen molar-refractivity contribution in [3.63, 3.8) is 0 Å². The number of nitrogens with one attached hydrogen (secondary N) is 2. The molecule has 0 aliphatic carbocycles. The molecule has 1 amide bonds. The second kappa shape index (κ2) is 6.86. The molecule has 0 aromatic carbocycles. The quantitative estimate of drug-likeness (QED) is 0.214. The number of guanidine groups is 1. The molecule has 0 aliphatic heterocycles. The third kappa shape index (κ3) is 7.29. The fourth-order valence-electron chi connectivity index (χ4n) is 0.473. The second-order valence-electron chi connectivity index (χ2n) is 2.06. The Morgan fingerprint density at radius 2 is 2.17 bits per heavy atom. The monoisotopic (exact) mass is 239 g/mol. The van der Waals surface area contributed by atoms with E-state index in [0.717, 1.165) is 5.01 Å². The summed E-state index contributed by atoms with van der Waals surface area (Å²) in [5.41, 5.74) is 5.02. The molecule has 6 N–H and O–H groups in total. The molecule has 0 heterocycles. The Balaban J connectivity index is 0. The first-order valence-electron chi connectivity index (χ1n) is 3.14. The maximum absolute atomic E-state index is 10.3. The fraction of sp³-hybridized carbons (Fsp3) is 0.600. The minimum absolute atomic E-state index is 0. The average Bonchev–Trinajstić information content (AvgIpc) is 1.86. The Hall–Kier alpha value is -0.820. The third-order valence-corrected chi connectivity index (χ3v) is 1.04. The number of amides is 1. The van der Waals surface area contributed by atoms with Crippen LogP contribution in [0, 0.1) is 5.41 Å². The summed E-state index contributed by atoms with van der Waals surface area (Å²) in [6.45, 7) is 2.15. The lowest BCUT2D eigenvalue weighted by Crippen LogP contribution is -2.45. The van der Waals surface area contributed by atoms with Crippen molar-refractivity contribution in [3.8, 4) is 0 Å². The Morgan fingerprint density at radius 1 is 1.67 bits per heavy atom. The van der Waals surface area contributed by atoms with E-state index in [9.17, 15) is 4.79 Å². The molecule has 7 heteroatoms. The van der Waals surface area contributed by atoms with Crippen LogP contribution in [0.25, 0.3) is 0 Å². The van der Waals surface area contributed by atoms with Crippen LogP contribution in [0.15, 0.2) is 0 Å². The highest BCUT2D eigenvalue weighted by Gasteiger charge is 1.98. The van der Waals surface area contributed by atoms with Gasteiger partial charge in [-0.25, -0.2) is 5.84 Å². The Bertz CT molecular complexity index is 162. The maximum atomic E-state index is 10.3. The molecule has 0 radical (unpaired) electrons. The number of nitrogens with two attached hydrogens (primary N) is 2. The van der Waals surface area contributed by atoms with Crippen molar-refractivity contribution in [3.05, 3.63) is 0 Å². The van der Waals surface area contributed by atoms with Crippen LogP contribution in [0.5, 0.6) is 0 Å². The van der Waals surface area contributed by atoms with E-state index in [1.165, 1.54) is 6.92 Å². The van der Waals surface area contributed by atoms with E-state index in [4.69, 9.17) is 17.0 Å².